The first-order valence-electron chi connectivity index (χ1n) is 6.29. The van der Waals surface area contributed by atoms with Gasteiger partial charge in [0, 0.05) is 0 Å². The van der Waals surface area contributed by atoms with Crippen LogP contribution in [-0.4, -0.2) is 26.5 Å². The Morgan fingerprint density at radius 3 is 2.68 bits per heavy atom. The van der Waals surface area contributed by atoms with Crippen molar-refractivity contribution < 1.29 is 22.3 Å². The molecule has 3 rings (SSSR count). The van der Waals surface area contributed by atoms with Gasteiger partial charge in [-0.05, 0) is 35.0 Å². The maximum Gasteiger partial charge on any atom is 0.419 e. The van der Waals surface area contributed by atoms with E-state index in [2.05, 4.69) is 26.0 Å². The van der Waals surface area contributed by atoms with Gasteiger partial charge in [0.05, 0.1) is 35.2 Å². The second kappa shape index (κ2) is 5.02. The molecule has 0 saturated heterocycles. The second-order valence-electron chi connectivity index (χ2n) is 5.15. The predicted molar refractivity (Wildman–Crippen MR) is 72.4 cm³/mol. The summed E-state index contributed by atoms with van der Waals surface area (Å²) in [5.41, 5.74) is -1.09. The molecular formula is C13H10BrF4N3O. The van der Waals surface area contributed by atoms with E-state index in [1.807, 2.05) is 0 Å². The lowest BCUT2D eigenvalue weighted by Gasteiger charge is -2.35. The zero-order valence-corrected chi connectivity index (χ0v) is 12.9. The normalized spacial score (nSPS) is 21.7. The fourth-order valence-electron chi connectivity index (χ4n) is 2.15. The average molecular weight is 380 g/mol. The Labute approximate surface area is 131 Å². The minimum absolute atomic E-state index is 0.231. The Morgan fingerprint density at radius 1 is 1.36 bits per heavy atom. The van der Waals surface area contributed by atoms with Crippen molar-refractivity contribution in [3.63, 3.8) is 0 Å². The van der Waals surface area contributed by atoms with E-state index >= 15 is 0 Å². The third kappa shape index (κ3) is 2.41. The van der Waals surface area contributed by atoms with Crippen molar-refractivity contribution in [1.29, 1.82) is 0 Å². The predicted octanol–water partition coefficient (Wildman–Crippen LogP) is 3.70. The van der Waals surface area contributed by atoms with Crippen LogP contribution in [0.5, 0.6) is 0 Å². The topological polar surface area (TPSA) is 39.9 Å². The molecular weight excluding hydrogens is 370 g/mol. The van der Waals surface area contributed by atoms with Crippen LogP contribution in [0, 0.1) is 5.82 Å². The number of nitrogens with zero attached hydrogens (tertiary/aromatic N) is 3. The molecule has 1 aliphatic rings. The highest BCUT2D eigenvalue weighted by atomic mass is 79.9. The molecule has 9 heteroatoms. The van der Waals surface area contributed by atoms with Crippen molar-refractivity contribution in [2.45, 2.75) is 31.9 Å². The Morgan fingerprint density at radius 2 is 2.09 bits per heavy atom. The van der Waals surface area contributed by atoms with Gasteiger partial charge in [0.2, 0.25) is 0 Å². The number of aromatic nitrogens is 3. The van der Waals surface area contributed by atoms with Crippen LogP contribution in [-0.2, 0) is 17.9 Å². The molecule has 0 spiro atoms. The Hall–Kier alpha value is -1.48. The van der Waals surface area contributed by atoms with E-state index in [9.17, 15) is 17.6 Å². The third-order valence-corrected chi connectivity index (χ3v) is 4.38. The van der Waals surface area contributed by atoms with Crippen LogP contribution in [0.25, 0.3) is 11.4 Å². The van der Waals surface area contributed by atoms with Crippen LogP contribution in [0.4, 0.5) is 17.6 Å². The number of hydrogen-bond acceptors (Lipinski definition) is 3. The van der Waals surface area contributed by atoms with Crippen molar-refractivity contribution in [3.8, 4) is 11.4 Å². The summed E-state index contributed by atoms with van der Waals surface area (Å²) >= 11 is 3.30. The average Bonchev–Trinajstić information content (AvgIpc) is 2.75. The van der Waals surface area contributed by atoms with E-state index < -0.39 is 24.1 Å². The highest BCUT2D eigenvalue weighted by molar-refractivity contribution is 9.10. The molecule has 1 aliphatic heterocycles. The van der Waals surface area contributed by atoms with E-state index in [1.54, 1.807) is 0 Å². The number of hydrogen-bond donors (Lipinski definition) is 0. The summed E-state index contributed by atoms with van der Waals surface area (Å²) in [4.78, 5) is 3.89. The zero-order chi connectivity index (χ0) is 16.1. The molecule has 4 nitrogen and oxygen atoms in total. The van der Waals surface area contributed by atoms with Crippen LogP contribution in [0.3, 0.4) is 0 Å². The minimum atomic E-state index is -4.50. The maximum atomic E-state index is 13.1. The molecule has 1 unspecified atom stereocenters. The van der Waals surface area contributed by atoms with Gasteiger partial charge in [-0.15, -0.1) is 0 Å². The Bertz CT molecular complexity index is 713. The fraction of sp³-hybridized carbons (Fsp3) is 0.385. The third-order valence-electron chi connectivity index (χ3n) is 3.54. The van der Waals surface area contributed by atoms with Gasteiger partial charge in [-0.3, -0.25) is 9.67 Å². The smallest absolute Gasteiger partial charge is 0.358 e. The summed E-state index contributed by atoms with van der Waals surface area (Å²) in [6, 6.07) is 2.63. The van der Waals surface area contributed by atoms with Crippen LogP contribution >= 0.6 is 15.9 Å². The molecule has 0 aromatic carbocycles. The summed E-state index contributed by atoms with van der Waals surface area (Å²) in [5, 5.41) is 4.16. The molecule has 2 aromatic heterocycles. The number of ether oxygens (including phenoxy) is 1. The molecule has 118 valence electrons. The van der Waals surface area contributed by atoms with E-state index in [4.69, 9.17) is 4.74 Å². The summed E-state index contributed by atoms with van der Waals surface area (Å²) < 4.78 is 58.9. The lowest BCUT2D eigenvalue weighted by atomic mass is 10.1. The zero-order valence-electron chi connectivity index (χ0n) is 11.3. The first-order chi connectivity index (χ1) is 10.2. The first-order valence-corrected chi connectivity index (χ1v) is 7.08. The molecule has 3 heterocycles. The maximum absolute atomic E-state index is 13.1. The molecule has 0 radical (unpaired) electrons. The van der Waals surface area contributed by atoms with Crippen LogP contribution in [0.1, 0.15) is 12.6 Å². The molecule has 0 fully saturated rings. The van der Waals surface area contributed by atoms with Crippen molar-refractivity contribution in [2.75, 3.05) is 0 Å². The highest BCUT2D eigenvalue weighted by Crippen LogP contribution is 2.41. The van der Waals surface area contributed by atoms with Crippen molar-refractivity contribution >= 4 is 15.9 Å². The van der Waals surface area contributed by atoms with Crippen LogP contribution in [0.15, 0.2) is 22.8 Å². The molecule has 0 amide bonds. The largest absolute Gasteiger partial charge is 0.419 e. The number of fused-ring (bicyclic) bond motifs is 1. The van der Waals surface area contributed by atoms with Gasteiger partial charge >= 0.3 is 6.18 Å². The Balaban J connectivity index is 2.01. The number of alkyl halides is 3. The molecule has 0 saturated carbocycles. The number of rotatable bonds is 1. The van der Waals surface area contributed by atoms with Crippen LogP contribution in [0.2, 0.25) is 0 Å². The van der Waals surface area contributed by atoms with Crippen molar-refractivity contribution in [2.24, 2.45) is 0 Å². The summed E-state index contributed by atoms with van der Waals surface area (Å²) in [6.07, 6.45) is -3.48. The second-order valence-corrected chi connectivity index (χ2v) is 5.94. The number of halogens is 5. The van der Waals surface area contributed by atoms with Gasteiger partial charge in [-0.1, -0.05) is 0 Å². The van der Waals surface area contributed by atoms with Gasteiger partial charge in [0.25, 0.3) is 0 Å². The van der Waals surface area contributed by atoms with E-state index in [-0.39, 0.29) is 6.61 Å². The van der Waals surface area contributed by atoms with E-state index in [1.165, 1.54) is 16.8 Å². The van der Waals surface area contributed by atoms with E-state index in [0.29, 0.717) is 21.6 Å². The quantitative estimate of drug-likeness (QED) is 0.709. The Kier molecular flexibility index (Phi) is 3.52. The number of pyridine rings is 1. The summed E-state index contributed by atoms with van der Waals surface area (Å²) in [6.45, 7) is 0.303. The molecule has 0 bridgehead atoms. The first kappa shape index (κ1) is 15.4. The van der Waals surface area contributed by atoms with Gasteiger partial charge in [-0.25, -0.2) is 4.39 Å². The fourth-order valence-corrected chi connectivity index (χ4v) is 2.76. The monoisotopic (exact) mass is 379 g/mol. The van der Waals surface area contributed by atoms with Gasteiger partial charge < -0.3 is 4.74 Å². The SMILES string of the molecule is CC1(C(F)(F)F)Cn2nc(-c3ccc(F)cn3)c(Br)c2CO1. The molecule has 1 atom stereocenters. The van der Waals surface area contributed by atoms with Crippen LogP contribution < -0.4 is 0 Å². The van der Waals surface area contributed by atoms with Gasteiger partial charge in [-0.2, -0.15) is 18.3 Å². The molecule has 0 N–H and O–H groups in total. The highest BCUT2D eigenvalue weighted by Gasteiger charge is 2.55. The molecule has 2 aromatic rings. The lowest BCUT2D eigenvalue weighted by Crippen LogP contribution is -2.51. The molecule has 22 heavy (non-hydrogen) atoms. The van der Waals surface area contributed by atoms with Crippen molar-refractivity contribution in [1.82, 2.24) is 14.8 Å². The summed E-state index contributed by atoms with van der Waals surface area (Å²) in [7, 11) is 0. The lowest BCUT2D eigenvalue weighted by molar-refractivity contribution is -0.287. The van der Waals surface area contributed by atoms with Gasteiger partial charge in [0.1, 0.15) is 11.5 Å². The standard InChI is InChI=1S/C13H10BrF4N3O/c1-12(13(16,17)18)6-21-9(5-22-12)10(14)11(20-21)8-3-2-7(15)4-19-8/h2-4H,5-6H2,1H3. The summed E-state index contributed by atoms with van der Waals surface area (Å²) in [5.74, 6) is -0.503. The van der Waals surface area contributed by atoms with E-state index in [0.717, 1.165) is 13.1 Å². The minimum Gasteiger partial charge on any atom is -0.358 e. The van der Waals surface area contributed by atoms with Crippen molar-refractivity contribution in [3.05, 3.63) is 34.3 Å². The van der Waals surface area contributed by atoms with Gasteiger partial charge in [0.15, 0.2) is 5.60 Å². The molecule has 0 aliphatic carbocycles.